The quantitative estimate of drug-likeness (QED) is 0.336. The molecule has 2 heterocycles. The number of esters is 1. The van der Waals surface area contributed by atoms with E-state index in [-0.39, 0.29) is 17.5 Å². The van der Waals surface area contributed by atoms with Gasteiger partial charge in [-0.3, -0.25) is 9.69 Å². The van der Waals surface area contributed by atoms with Crippen LogP contribution < -0.4 is 14.4 Å². The highest BCUT2D eigenvalue weighted by molar-refractivity contribution is 7.14. The number of rotatable bonds is 8. The lowest BCUT2D eigenvalue weighted by atomic mass is 10.2. The molecule has 1 aliphatic rings. The third kappa shape index (κ3) is 4.99. The number of ether oxygens (including phenoxy) is 3. The first kappa shape index (κ1) is 23.2. The van der Waals surface area contributed by atoms with Crippen LogP contribution in [0.5, 0.6) is 11.5 Å². The molecule has 0 unspecified atom stereocenters. The maximum atomic E-state index is 12.5. The Bertz CT molecular complexity index is 1270. The molecule has 2 aromatic carbocycles. The SMILES string of the molecule is CCOc1ccc(C2=N/C(=C\c3csc(N(C(C)=O)c4ccccc4)n3)C(=O)O2)cc1OCC. The minimum absolute atomic E-state index is 0.118. The molecule has 8 nitrogen and oxygen atoms in total. The van der Waals surface area contributed by atoms with Gasteiger partial charge in [0.05, 0.1) is 24.6 Å². The number of aromatic nitrogens is 1. The van der Waals surface area contributed by atoms with Gasteiger partial charge in [0.15, 0.2) is 22.3 Å². The Morgan fingerprint density at radius 2 is 1.82 bits per heavy atom. The highest BCUT2D eigenvalue weighted by Gasteiger charge is 2.26. The molecule has 1 aromatic heterocycles. The standard InChI is InChI=1S/C25H23N3O5S/c1-4-31-21-12-11-17(13-22(21)32-5-2)23-27-20(24(30)33-23)14-18-15-34-25(26-18)28(16(3)29)19-9-7-6-8-10-19/h6-15H,4-5H2,1-3H3/b20-14-. The largest absolute Gasteiger partial charge is 0.490 e. The third-order valence-corrected chi connectivity index (χ3v) is 5.57. The molecule has 0 saturated heterocycles. The summed E-state index contributed by atoms with van der Waals surface area (Å²) in [6, 6.07) is 14.5. The monoisotopic (exact) mass is 477 g/mol. The first-order valence-corrected chi connectivity index (χ1v) is 11.6. The van der Waals surface area contributed by atoms with Gasteiger partial charge in [-0.25, -0.2) is 14.8 Å². The second-order valence-corrected chi connectivity index (χ2v) is 7.95. The number of cyclic esters (lactones) is 1. The number of carbonyl (C=O) groups is 2. The molecule has 0 atom stereocenters. The molecule has 1 amide bonds. The summed E-state index contributed by atoms with van der Waals surface area (Å²) in [5.74, 6) is 0.582. The van der Waals surface area contributed by atoms with Gasteiger partial charge in [-0.15, -0.1) is 11.3 Å². The number of thiazole rings is 1. The van der Waals surface area contributed by atoms with Crippen molar-refractivity contribution in [2.24, 2.45) is 4.99 Å². The van der Waals surface area contributed by atoms with Crippen molar-refractivity contribution in [1.82, 2.24) is 4.98 Å². The van der Waals surface area contributed by atoms with Crippen molar-refractivity contribution in [3.63, 3.8) is 0 Å². The molecule has 174 valence electrons. The van der Waals surface area contributed by atoms with Crippen LogP contribution in [0.3, 0.4) is 0 Å². The van der Waals surface area contributed by atoms with Gasteiger partial charge in [0.25, 0.3) is 0 Å². The van der Waals surface area contributed by atoms with E-state index < -0.39 is 5.97 Å². The number of carbonyl (C=O) groups excluding carboxylic acids is 2. The summed E-state index contributed by atoms with van der Waals surface area (Å²) in [6.45, 7) is 6.22. The molecule has 0 fully saturated rings. The minimum Gasteiger partial charge on any atom is -0.490 e. The Balaban J connectivity index is 1.61. The maximum absolute atomic E-state index is 12.5. The van der Waals surface area contributed by atoms with E-state index in [1.54, 1.807) is 23.6 Å². The zero-order chi connectivity index (χ0) is 24.1. The number of benzene rings is 2. The number of aliphatic imine (C=N–C) groups is 1. The van der Waals surface area contributed by atoms with Crippen molar-refractivity contribution in [1.29, 1.82) is 0 Å². The zero-order valence-corrected chi connectivity index (χ0v) is 19.8. The summed E-state index contributed by atoms with van der Waals surface area (Å²) < 4.78 is 16.6. The van der Waals surface area contributed by atoms with Crippen LogP contribution in [-0.2, 0) is 14.3 Å². The van der Waals surface area contributed by atoms with E-state index in [1.165, 1.54) is 29.2 Å². The third-order valence-electron chi connectivity index (χ3n) is 4.73. The molecule has 0 radical (unpaired) electrons. The summed E-state index contributed by atoms with van der Waals surface area (Å²) in [7, 11) is 0. The van der Waals surface area contributed by atoms with Crippen LogP contribution in [0.1, 0.15) is 32.0 Å². The fourth-order valence-electron chi connectivity index (χ4n) is 3.31. The van der Waals surface area contributed by atoms with Gasteiger partial charge in [0.2, 0.25) is 11.8 Å². The van der Waals surface area contributed by atoms with Crippen LogP contribution in [0.4, 0.5) is 10.8 Å². The first-order valence-electron chi connectivity index (χ1n) is 10.7. The summed E-state index contributed by atoms with van der Waals surface area (Å²) in [5.41, 5.74) is 1.92. The molecule has 0 spiro atoms. The molecule has 0 N–H and O–H groups in total. The van der Waals surface area contributed by atoms with Gasteiger partial charge < -0.3 is 14.2 Å². The number of amides is 1. The van der Waals surface area contributed by atoms with Crippen molar-refractivity contribution in [3.8, 4) is 11.5 Å². The van der Waals surface area contributed by atoms with Crippen LogP contribution in [-0.4, -0.2) is 36.0 Å². The van der Waals surface area contributed by atoms with Crippen LogP contribution in [0, 0.1) is 0 Å². The van der Waals surface area contributed by atoms with Gasteiger partial charge >= 0.3 is 5.97 Å². The summed E-state index contributed by atoms with van der Waals surface area (Å²) >= 11 is 1.29. The summed E-state index contributed by atoms with van der Waals surface area (Å²) in [5, 5.41) is 2.25. The van der Waals surface area contributed by atoms with Crippen LogP contribution in [0.25, 0.3) is 6.08 Å². The van der Waals surface area contributed by atoms with E-state index in [9.17, 15) is 9.59 Å². The van der Waals surface area contributed by atoms with E-state index in [0.717, 1.165) is 0 Å². The highest BCUT2D eigenvalue weighted by Crippen LogP contribution is 2.32. The number of nitrogens with zero attached hydrogens (tertiary/aromatic N) is 3. The number of hydrogen-bond acceptors (Lipinski definition) is 8. The topological polar surface area (TPSA) is 90.3 Å². The number of para-hydroxylation sites is 1. The van der Waals surface area contributed by atoms with Gasteiger partial charge in [-0.2, -0.15) is 0 Å². The predicted octanol–water partition coefficient (Wildman–Crippen LogP) is 4.97. The van der Waals surface area contributed by atoms with Crippen molar-refractivity contribution in [2.75, 3.05) is 18.1 Å². The van der Waals surface area contributed by atoms with Gasteiger partial charge in [0, 0.05) is 17.9 Å². The second-order valence-electron chi connectivity index (χ2n) is 7.11. The number of hydrogen-bond donors (Lipinski definition) is 0. The Morgan fingerprint density at radius 1 is 1.09 bits per heavy atom. The normalized spacial score (nSPS) is 14.0. The Hall–Kier alpha value is -3.98. The zero-order valence-electron chi connectivity index (χ0n) is 19.0. The Kier molecular flexibility index (Phi) is 7.03. The fraction of sp³-hybridized carbons (Fsp3) is 0.200. The van der Waals surface area contributed by atoms with E-state index in [2.05, 4.69) is 9.98 Å². The number of anilines is 2. The molecule has 4 rings (SSSR count). The van der Waals surface area contributed by atoms with E-state index in [0.29, 0.717) is 46.8 Å². The molecular weight excluding hydrogens is 454 g/mol. The Morgan fingerprint density at radius 3 is 2.53 bits per heavy atom. The molecule has 0 aliphatic carbocycles. The molecule has 0 bridgehead atoms. The first-order chi connectivity index (χ1) is 16.5. The smallest absolute Gasteiger partial charge is 0.363 e. The van der Waals surface area contributed by atoms with E-state index in [1.807, 2.05) is 44.2 Å². The highest BCUT2D eigenvalue weighted by atomic mass is 32.1. The van der Waals surface area contributed by atoms with Gasteiger partial charge in [-0.1, -0.05) is 18.2 Å². The molecule has 3 aromatic rings. The minimum atomic E-state index is -0.581. The van der Waals surface area contributed by atoms with Crippen LogP contribution in [0.2, 0.25) is 0 Å². The van der Waals surface area contributed by atoms with Gasteiger partial charge in [-0.05, 0) is 50.3 Å². The van der Waals surface area contributed by atoms with E-state index >= 15 is 0 Å². The van der Waals surface area contributed by atoms with Crippen LogP contribution in [0.15, 0.2) is 64.6 Å². The van der Waals surface area contributed by atoms with Crippen molar-refractivity contribution < 1.29 is 23.8 Å². The molecule has 9 heteroatoms. The average Bonchev–Trinajstić information content (AvgIpc) is 3.43. The molecule has 1 aliphatic heterocycles. The van der Waals surface area contributed by atoms with Gasteiger partial charge in [0.1, 0.15) is 0 Å². The average molecular weight is 478 g/mol. The molecular formula is C25H23N3O5S. The van der Waals surface area contributed by atoms with Crippen molar-refractivity contribution >= 4 is 46.0 Å². The fourth-order valence-corrected chi connectivity index (χ4v) is 4.15. The molecule has 34 heavy (non-hydrogen) atoms. The summed E-state index contributed by atoms with van der Waals surface area (Å²) in [4.78, 5) is 35.1. The van der Waals surface area contributed by atoms with Crippen LogP contribution >= 0.6 is 11.3 Å². The lowest BCUT2D eigenvalue weighted by Crippen LogP contribution is -2.22. The maximum Gasteiger partial charge on any atom is 0.363 e. The second kappa shape index (κ2) is 10.3. The predicted molar refractivity (Wildman–Crippen MR) is 131 cm³/mol. The lowest BCUT2D eigenvalue weighted by Gasteiger charge is -2.17. The Labute approximate surface area is 201 Å². The molecule has 0 saturated carbocycles. The van der Waals surface area contributed by atoms with E-state index in [4.69, 9.17) is 14.2 Å². The lowest BCUT2D eigenvalue weighted by molar-refractivity contribution is -0.130. The van der Waals surface area contributed by atoms with Crippen molar-refractivity contribution in [2.45, 2.75) is 20.8 Å². The van der Waals surface area contributed by atoms with Crippen molar-refractivity contribution in [3.05, 3.63) is 70.9 Å². The summed E-state index contributed by atoms with van der Waals surface area (Å²) in [6.07, 6.45) is 1.54.